The van der Waals surface area contributed by atoms with E-state index in [0.717, 1.165) is 6.92 Å². The maximum Gasteiger partial charge on any atom is 1.00 e. The predicted octanol–water partition coefficient (Wildman–Crippen LogP) is -20.1. The van der Waals surface area contributed by atoms with Crippen molar-refractivity contribution in [2.24, 2.45) is 0 Å². The van der Waals surface area contributed by atoms with E-state index in [1.165, 1.54) is 0 Å². The zero-order valence-electron chi connectivity index (χ0n) is 16.4. The van der Waals surface area contributed by atoms with E-state index in [1.807, 2.05) is 0 Å². The Hall–Kier alpha value is 10.9. The van der Waals surface area contributed by atoms with Gasteiger partial charge in [0.15, 0.2) is 0 Å². The van der Waals surface area contributed by atoms with Crippen LogP contribution in [0.15, 0.2) is 0 Å². The maximum atomic E-state index is 9.00. The summed E-state index contributed by atoms with van der Waals surface area (Å²) in [4.78, 5) is 9.00. The molecule has 0 radical (unpaired) electrons. The van der Waals surface area contributed by atoms with E-state index in [9.17, 15) is 0 Å². The smallest absolute Gasteiger partial charge is 1.00 e. The van der Waals surface area contributed by atoms with Crippen molar-refractivity contribution >= 4 is 5.97 Å². The number of carboxylic acids is 1. The van der Waals surface area contributed by atoms with Crippen LogP contribution in [0.25, 0.3) is 0 Å². The summed E-state index contributed by atoms with van der Waals surface area (Å²) in [6.45, 7) is 1.08. The average molecular weight is 341 g/mol. The number of aliphatic carboxylic acids is 1. The van der Waals surface area contributed by atoms with Crippen molar-refractivity contribution in [3.63, 3.8) is 0 Å². The van der Waals surface area contributed by atoms with Crippen LogP contribution in [0.4, 0.5) is 0 Å². The van der Waals surface area contributed by atoms with Gasteiger partial charge in [0.25, 0.3) is 5.97 Å². The van der Waals surface area contributed by atoms with Crippen LogP contribution in [0.1, 0.15) is 16.9 Å². The van der Waals surface area contributed by atoms with Gasteiger partial charge in [-0.25, -0.2) is 0 Å². The summed E-state index contributed by atoms with van der Waals surface area (Å²) in [6.07, 6.45) is 0. The van der Waals surface area contributed by atoms with Crippen LogP contribution >= 0.6 is 0 Å². The molecule has 0 rings (SSSR count). The van der Waals surface area contributed by atoms with Gasteiger partial charge in [-0.2, -0.15) is 0 Å². The van der Waals surface area contributed by atoms with Gasteiger partial charge in [0, 0.05) is 6.92 Å². The van der Waals surface area contributed by atoms with Gasteiger partial charge in [0.05, 0.1) is 0 Å². The van der Waals surface area contributed by atoms with Crippen LogP contribution in [-0.2, 0) is 4.79 Å². The maximum absolute atomic E-state index is 9.00. The van der Waals surface area contributed by atoms with Gasteiger partial charge in [-0.05, 0) is 0 Å². The van der Waals surface area contributed by atoms with Crippen molar-refractivity contribution in [1.29, 1.82) is 0 Å². The van der Waals surface area contributed by atoms with Crippen LogP contribution in [0.3, 0.4) is 0 Å². The zero-order chi connectivity index (χ0) is 3.58. The molecule has 38 valence electrons. The molecule has 0 bridgehead atoms. The second-order valence-corrected chi connectivity index (χ2v) is 0.519. The van der Waals surface area contributed by atoms with Crippen molar-refractivity contribution < 1.29 is 380 Å². The van der Waals surface area contributed by atoms with Crippen molar-refractivity contribution in [2.75, 3.05) is 0 Å². The Morgan fingerprint density at radius 2 is 0.909 bits per heavy atom. The molecule has 9 heteroatoms. The quantitative estimate of drug-likeness (QED) is 0.445. The third-order valence-electron chi connectivity index (χ3n) is 0. The van der Waals surface area contributed by atoms with E-state index in [2.05, 4.69) is 0 Å². The molecular weight excluding hydrogens is 330 g/mol. The minimum atomic E-state index is -0.833. The fraction of sp³-hybridized carbons (Fsp3) is 0.500. The monoisotopic (exact) mass is 340 g/mol. The van der Waals surface area contributed by atoms with Gasteiger partial charge in [0.2, 0.25) is 0 Å². The third kappa shape index (κ3) is 62.8. The van der Waals surface area contributed by atoms with Gasteiger partial charge in [-0.1, -0.05) is 0 Å². The fourth-order valence-electron chi connectivity index (χ4n) is 0. The Morgan fingerprint density at radius 1 is 0.909 bits per heavy atom. The molecule has 0 unspecified atom stereocenters. The van der Waals surface area contributed by atoms with E-state index in [4.69, 9.17) is 9.90 Å². The first-order valence-electron chi connectivity index (χ1n) is 0.928. The molecule has 0 heterocycles. The van der Waals surface area contributed by atoms with Crippen LogP contribution in [0.2, 0.25) is 0 Å². The Kier molecular flexibility index (Phi) is 193. The molecular formula is C2H11K7O2. The molecule has 0 atom stereocenters. The summed E-state index contributed by atoms with van der Waals surface area (Å²) < 4.78 is 0. The van der Waals surface area contributed by atoms with E-state index < -0.39 is 5.97 Å². The molecule has 0 aromatic rings. The second-order valence-electron chi connectivity index (χ2n) is 0.519. The third-order valence-corrected chi connectivity index (χ3v) is 0. The van der Waals surface area contributed by atoms with Gasteiger partial charge in [-0.15, -0.1) is 0 Å². The summed E-state index contributed by atoms with van der Waals surface area (Å²) in [5, 5.41) is 7.42. The van der Waals surface area contributed by atoms with Crippen molar-refractivity contribution in [1.82, 2.24) is 0 Å². The molecule has 0 aliphatic heterocycles. The molecule has 11 heavy (non-hydrogen) atoms. The zero-order valence-corrected chi connectivity index (χ0v) is 31.2. The summed E-state index contributed by atoms with van der Waals surface area (Å²) in [5.74, 6) is -0.833. The average Bonchev–Trinajstić information content (AvgIpc) is 0.811. The van der Waals surface area contributed by atoms with Crippen LogP contribution in [-0.4, -0.2) is 11.1 Å². The molecule has 0 aliphatic rings. The van der Waals surface area contributed by atoms with Crippen molar-refractivity contribution in [3.05, 3.63) is 0 Å². The molecule has 0 saturated heterocycles. The number of carbonyl (C=O) groups is 1. The van der Waals surface area contributed by atoms with Gasteiger partial charge >= 0.3 is 360 Å². The standard InChI is InChI=1S/C2H4O2.7K.7H/c1-2(3)4;;;;;;;;;;;;;;/h1H3,(H,3,4);;;;;;;;;;;;;;/q;7*+1;7*-1. The van der Waals surface area contributed by atoms with Crippen LogP contribution in [0, 0.1) is 0 Å². The summed E-state index contributed by atoms with van der Waals surface area (Å²) in [6, 6.07) is 0. The first-order chi connectivity index (χ1) is 1.73. The normalized spacial score (nSPS) is 2.27. The second kappa shape index (κ2) is 42.8. The molecule has 0 aromatic heterocycles. The Morgan fingerprint density at radius 3 is 0.909 bits per heavy atom. The van der Waals surface area contributed by atoms with Crippen molar-refractivity contribution in [2.45, 2.75) is 6.92 Å². The van der Waals surface area contributed by atoms with E-state index >= 15 is 0 Å². The summed E-state index contributed by atoms with van der Waals surface area (Å²) in [5.41, 5.74) is 0. The Labute approximate surface area is 377 Å². The van der Waals surface area contributed by atoms with Gasteiger partial charge in [-0.3, -0.25) is 4.79 Å². The van der Waals surface area contributed by atoms with Crippen LogP contribution < -0.4 is 360 Å². The predicted molar refractivity (Wildman–Crippen MR) is 21.1 cm³/mol. The number of carboxylic acid groups (broad SMARTS) is 1. The van der Waals surface area contributed by atoms with Crippen molar-refractivity contribution in [3.8, 4) is 0 Å². The Bertz CT molecular complexity index is 54.8. The first kappa shape index (κ1) is 49.5. The molecule has 0 aromatic carbocycles. The SMILES string of the molecule is CC(=O)O.[H-].[H-].[H-].[H-].[H-].[H-].[H-].[K+].[K+].[K+].[K+].[K+].[K+].[K+]. The number of rotatable bonds is 0. The van der Waals surface area contributed by atoms with E-state index in [0.29, 0.717) is 0 Å². The summed E-state index contributed by atoms with van der Waals surface area (Å²) >= 11 is 0. The Balaban J connectivity index is -0.000000000495. The van der Waals surface area contributed by atoms with Gasteiger partial charge < -0.3 is 15.1 Å². The van der Waals surface area contributed by atoms with E-state index in [1.54, 1.807) is 0 Å². The molecule has 0 spiro atoms. The molecule has 0 aliphatic carbocycles. The first-order valence-corrected chi connectivity index (χ1v) is 0.928. The molecule has 0 fully saturated rings. The molecule has 0 amide bonds. The van der Waals surface area contributed by atoms with Crippen LogP contribution in [0.5, 0.6) is 0 Å². The largest absolute Gasteiger partial charge is 1.00 e. The molecule has 2 nitrogen and oxygen atoms in total. The minimum absolute atomic E-state index is 0. The fourth-order valence-corrected chi connectivity index (χ4v) is 0. The molecule has 0 saturated carbocycles. The molecule has 1 N–H and O–H groups in total. The summed E-state index contributed by atoms with van der Waals surface area (Å²) in [7, 11) is 0. The number of hydrogen-bond donors (Lipinski definition) is 1. The van der Waals surface area contributed by atoms with Gasteiger partial charge in [0.1, 0.15) is 0 Å². The van der Waals surface area contributed by atoms with E-state index in [-0.39, 0.29) is 370 Å². The topological polar surface area (TPSA) is 37.3 Å². The number of hydrogen-bond acceptors (Lipinski definition) is 1. The minimum Gasteiger partial charge on any atom is -1.00 e.